The van der Waals surface area contributed by atoms with E-state index in [1.807, 2.05) is 6.07 Å². The van der Waals surface area contributed by atoms with Crippen molar-refractivity contribution >= 4 is 102 Å². The van der Waals surface area contributed by atoms with Crippen LogP contribution in [0, 0.1) is 23.5 Å². The molecule has 4 aliphatic heterocycles. The molecule has 0 radical (unpaired) electrons. The van der Waals surface area contributed by atoms with E-state index in [2.05, 4.69) is 72.9 Å². The van der Waals surface area contributed by atoms with E-state index in [-0.39, 0.29) is 33.1 Å². The lowest BCUT2D eigenvalue weighted by Crippen LogP contribution is -2.42. The standard InChI is InChI=1S/C27H29ClFN5O3.C24H27ClFN5O2.C3H3ClO/c1-3-25(35)33-23-11-19-22(30-16-31-26(19)32-18-4-5-21(29)20(28)10-18)12-24(23)36-14-17-13-27(37-15-17)6-8-34(2)9-7-27;1-31-6-4-24(5-7-31)11-15(13-33-24)12-32-22-10-21-17(9-20(22)27)23(29-14-28-21)30-16-2-3-19(26)18(25)8-16;1-2-3(4)5/h3-5,10-12,16-17H,1,6-9,13-15H2,2H3,(H,33,35)(H,30,31,32);2-3,8-10,14-15H,4-7,11-13,27H2,1H3,(H,28,29,30);2H,1H2. The predicted octanol–water partition coefficient (Wildman–Crippen LogP) is 10.7. The maximum Gasteiger partial charge on any atom is 0.247 e. The number of ether oxygens (including phenoxy) is 4. The van der Waals surface area contributed by atoms with Crippen molar-refractivity contribution in [2.24, 2.45) is 11.8 Å². The zero-order chi connectivity index (χ0) is 53.3. The number of carbonyl (C=O) groups is 2. The SMILES string of the molecule is C=CC(=O)Cl.C=CC(=O)Nc1cc2c(Nc3ccc(F)c(Cl)c3)ncnc2cc1OCC1COC2(CCN(C)CC2)C1.CN1CCC2(CC1)CC(COc1cc3ncnc(Nc4ccc(F)c(Cl)c4)c3cc1N)CO2. The first kappa shape index (κ1) is 55.0. The summed E-state index contributed by atoms with van der Waals surface area (Å²) in [6.07, 6.45) is 11.3. The number of fused-ring (bicyclic) bond motifs is 2. The Morgan fingerprint density at radius 2 is 1.17 bits per heavy atom. The molecule has 396 valence electrons. The van der Waals surface area contributed by atoms with Gasteiger partial charge in [0.2, 0.25) is 11.1 Å². The Morgan fingerprint density at radius 3 is 1.63 bits per heavy atom. The van der Waals surface area contributed by atoms with Gasteiger partial charge < -0.3 is 50.4 Å². The van der Waals surface area contributed by atoms with Crippen LogP contribution in [0.3, 0.4) is 0 Å². The third-order valence-corrected chi connectivity index (χ3v) is 14.5. The molecule has 6 aromatic rings. The topological polar surface area (TPSA) is 191 Å². The molecule has 21 heteroatoms. The second-order valence-corrected chi connectivity index (χ2v) is 20.5. The number of nitrogens with two attached hydrogens (primary N) is 1. The van der Waals surface area contributed by atoms with Gasteiger partial charge in [-0.2, -0.15) is 0 Å². The molecule has 2 spiro atoms. The molecule has 4 fully saturated rings. The molecule has 0 aliphatic carbocycles. The van der Waals surface area contributed by atoms with Crippen molar-refractivity contribution in [2.45, 2.75) is 49.7 Å². The third kappa shape index (κ3) is 14.2. The number of nitrogen functional groups attached to an aromatic ring is 1. The number of hydrogen-bond donors (Lipinski definition) is 4. The lowest BCUT2D eigenvalue weighted by molar-refractivity contribution is -0.112. The summed E-state index contributed by atoms with van der Waals surface area (Å²) in [6.45, 7) is 13.2. The van der Waals surface area contributed by atoms with E-state index in [4.69, 9.17) is 59.5 Å². The number of hydrogen-bond acceptors (Lipinski definition) is 15. The van der Waals surface area contributed by atoms with Gasteiger partial charge in [-0.15, -0.1) is 0 Å². The molecule has 0 bridgehead atoms. The van der Waals surface area contributed by atoms with Gasteiger partial charge in [0.1, 0.15) is 47.4 Å². The molecular weight excluding hydrogens is 1030 g/mol. The van der Waals surface area contributed by atoms with E-state index < -0.39 is 16.9 Å². The number of carbonyl (C=O) groups excluding carboxylic acids is 2. The highest BCUT2D eigenvalue weighted by molar-refractivity contribution is 6.66. The molecule has 10 rings (SSSR count). The van der Waals surface area contributed by atoms with Gasteiger partial charge >= 0.3 is 0 Å². The lowest BCUT2D eigenvalue weighted by atomic mass is 9.86. The minimum absolute atomic E-state index is 0.00379. The molecular formula is C54H59Cl3F2N10O6. The van der Waals surface area contributed by atoms with Crippen molar-refractivity contribution in [3.8, 4) is 11.5 Å². The molecule has 2 aromatic heterocycles. The average molecular weight is 1090 g/mol. The third-order valence-electron chi connectivity index (χ3n) is 13.8. The molecule has 4 aliphatic rings. The molecule has 2 unspecified atom stereocenters. The zero-order valence-corrected chi connectivity index (χ0v) is 43.9. The first-order chi connectivity index (χ1) is 36.0. The first-order valence-corrected chi connectivity index (χ1v) is 25.6. The molecule has 0 saturated carbocycles. The lowest BCUT2D eigenvalue weighted by Gasteiger charge is -2.37. The highest BCUT2D eigenvalue weighted by Gasteiger charge is 2.43. The number of benzene rings is 4. The van der Waals surface area contributed by atoms with E-state index in [9.17, 15) is 18.4 Å². The number of amides is 1. The highest BCUT2D eigenvalue weighted by Crippen LogP contribution is 2.42. The minimum Gasteiger partial charge on any atom is -0.491 e. The van der Waals surface area contributed by atoms with Gasteiger partial charge in [0.05, 0.1) is 70.1 Å². The van der Waals surface area contributed by atoms with Gasteiger partial charge in [0.15, 0.2) is 0 Å². The molecule has 4 aromatic carbocycles. The number of anilines is 6. The highest BCUT2D eigenvalue weighted by atomic mass is 35.5. The van der Waals surface area contributed by atoms with Crippen LogP contribution in [0.1, 0.15) is 38.5 Å². The average Bonchev–Trinajstić information content (AvgIpc) is 4.01. The molecule has 16 nitrogen and oxygen atoms in total. The number of rotatable bonds is 13. The maximum absolute atomic E-state index is 13.6. The first-order valence-electron chi connectivity index (χ1n) is 24.4. The molecule has 5 N–H and O–H groups in total. The number of likely N-dealkylation sites (tertiary alicyclic amines) is 2. The van der Waals surface area contributed by atoms with Gasteiger partial charge in [-0.1, -0.05) is 36.4 Å². The van der Waals surface area contributed by atoms with Gasteiger partial charge in [-0.05, 0) is 125 Å². The monoisotopic (exact) mass is 1090 g/mol. The van der Waals surface area contributed by atoms with Crippen LogP contribution in [0.4, 0.5) is 43.2 Å². The van der Waals surface area contributed by atoms with Gasteiger partial charge in [-0.3, -0.25) is 9.59 Å². The van der Waals surface area contributed by atoms with Gasteiger partial charge in [0, 0.05) is 72.3 Å². The molecule has 4 saturated heterocycles. The Morgan fingerprint density at radius 1 is 0.720 bits per heavy atom. The van der Waals surface area contributed by atoms with Crippen LogP contribution in [-0.4, -0.2) is 119 Å². The van der Waals surface area contributed by atoms with E-state index in [1.54, 1.807) is 30.3 Å². The Hall–Kier alpha value is -6.25. The Bertz CT molecular complexity index is 3050. The van der Waals surface area contributed by atoms with Crippen LogP contribution in [0.25, 0.3) is 21.8 Å². The normalized spacial score (nSPS) is 18.9. The quantitative estimate of drug-likeness (QED) is 0.0485. The van der Waals surface area contributed by atoms with E-state index in [1.165, 1.54) is 43.0 Å². The van der Waals surface area contributed by atoms with Crippen LogP contribution in [0.2, 0.25) is 10.0 Å². The van der Waals surface area contributed by atoms with E-state index in [0.717, 1.165) is 76.2 Å². The fourth-order valence-electron chi connectivity index (χ4n) is 9.59. The smallest absolute Gasteiger partial charge is 0.247 e. The summed E-state index contributed by atoms with van der Waals surface area (Å²) in [5, 5.41) is 10.0. The summed E-state index contributed by atoms with van der Waals surface area (Å²) in [4.78, 5) is 43.7. The van der Waals surface area contributed by atoms with Crippen LogP contribution in [-0.2, 0) is 19.1 Å². The molecule has 2 atom stereocenters. The molecule has 6 heterocycles. The van der Waals surface area contributed by atoms with Crippen molar-refractivity contribution in [3.05, 3.63) is 120 Å². The second-order valence-electron chi connectivity index (χ2n) is 19.3. The van der Waals surface area contributed by atoms with Crippen molar-refractivity contribution in [2.75, 3.05) is 88.4 Å². The van der Waals surface area contributed by atoms with Crippen molar-refractivity contribution in [1.82, 2.24) is 29.7 Å². The fraction of sp³-hybridized carbons (Fsp3) is 0.370. The summed E-state index contributed by atoms with van der Waals surface area (Å²) >= 11 is 16.5. The number of nitrogens with zero attached hydrogens (tertiary/aromatic N) is 6. The molecule has 75 heavy (non-hydrogen) atoms. The Labute approximate surface area is 448 Å². The summed E-state index contributed by atoms with van der Waals surface area (Å²) in [5.74, 6) is 1.37. The Balaban J connectivity index is 0.000000184. The Kier molecular flexibility index (Phi) is 18.0. The van der Waals surface area contributed by atoms with Crippen molar-refractivity contribution < 1.29 is 37.3 Å². The van der Waals surface area contributed by atoms with E-state index >= 15 is 0 Å². The number of allylic oxidation sites excluding steroid dienone is 1. The van der Waals surface area contributed by atoms with Crippen molar-refractivity contribution in [3.63, 3.8) is 0 Å². The fourth-order valence-corrected chi connectivity index (χ4v) is 9.95. The number of nitrogens with one attached hydrogen (secondary N) is 3. The van der Waals surface area contributed by atoms with Crippen molar-refractivity contribution in [1.29, 1.82) is 0 Å². The van der Waals surface area contributed by atoms with E-state index in [0.29, 0.717) is 94.6 Å². The van der Waals surface area contributed by atoms with Gasteiger partial charge in [-0.25, -0.2) is 28.7 Å². The summed E-state index contributed by atoms with van der Waals surface area (Å²) in [5.41, 5.74) is 9.73. The second kappa shape index (κ2) is 24.6. The van der Waals surface area contributed by atoms with Crippen LogP contribution in [0.15, 0.2) is 98.6 Å². The van der Waals surface area contributed by atoms with Crippen LogP contribution in [0.5, 0.6) is 11.5 Å². The zero-order valence-electron chi connectivity index (χ0n) is 41.7. The minimum atomic E-state index is -0.509. The summed E-state index contributed by atoms with van der Waals surface area (Å²) in [6, 6.07) is 15.9. The largest absolute Gasteiger partial charge is 0.491 e. The van der Waals surface area contributed by atoms with Crippen LogP contribution < -0.4 is 31.2 Å². The predicted molar refractivity (Wildman–Crippen MR) is 291 cm³/mol. The number of halogens is 5. The number of aromatic nitrogens is 4. The maximum atomic E-state index is 13.6. The van der Waals surface area contributed by atoms with Gasteiger partial charge in [0.25, 0.3) is 0 Å². The summed E-state index contributed by atoms with van der Waals surface area (Å²) < 4.78 is 51.9. The van der Waals surface area contributed by atoms with Crippen LogP contribution >= 0.6 is 34.8 Å². The molecule has 1 amide bonds. The number of piperidine rings is 2. The summed E-state index contributed by atoms with van der Waals surface area (Å²) in [7, 11) is 4.30.